The summed E-state index contributed by atoms with van der Waals surface area (Å²) in [7, 11) is 0. The van der Waals surface area contributed by atoms with Crippen LogP contribution < -0.4 is 0 Å². The summed E-state index contributed by atoms with van der Waals surface area (Å²) in [6.45, 7) is 0. The highest BCUT2D eigenvalue weighted by molar-refractivity contribution is 9.10. The second-order valence-electron chi connectivity index (χ2n) is 2.86. The molecule has 14 heavy (non-hydrogen) atoms. The summed E-state index contributed by atoms with van der Waals surface area (Å²) in [5.74, 6) is 0. The van der Waals surface area contributed by atoms with Crippen LogP contribution in [0.3, 0.4) is 0 Å². The molecule has 2 aromatic rings. The van der Waals surface area contributed by atoms with Crippen LogP contribution in [0.1, 0.15) is 13.9 Å². The minimum absolute atomic E-state index is 0.598. The van der Waals surface area contributed by atoms with E-state index in [2.05, 4.69) is 20.9 Å². The molecule has 0 unspecified atom stereocenters. The molecule has 1 nitrogen and oxygen atoms in total. The predicted octanol–water partition coefficient (Wildman–Crippen LogP) is 3.43. The van der Waals surface area contributed by atoms with Crippen molar-refractivity contribution in [2.45, 2.75) is 6.37 Å². The van der Waals surface area contributed by atoms with E-state index in [0.717, 1.165) is 0 Å². The second-order valence-corrected chi connectivity index (χ2v) is 3.67. The van der Waals surface area contributed by atoms with Crippen molar-refractivity contribution in [1.29, 1.82) is 0 Å². The van der Waals surface area contributed by atoms with Crippen LogP contribution in [0.5, 0.6) is 0 Å². The van der Waals surface area contributed by atoms with Crippen molar-refractivity contribution in [2.24, 2.45) is 0 Å². The first-order valence-corrected chi connectivity index (χ1v) is 5.07. The smallest absolute Gasteiger partial charge is 0.106 e. The number of nitrogens with zero attached hydrogens (tertiary/aromatic N) is 1. The van der Waals surface area contributed by atoms with Gasteiger partial charge in [-0.25, -0.2) is 4.98 Å². The minimum atomic E-state index is -1.49. The molecule has 0 aliphatic rings. The van der Waals surface area contributed by atoms with E-state index in [-0.39, 0.29) is 0 Å². The van der Waals surface area contributed by atoms with Crippen molar-refractivity contribution in [3.63, 3.8) is 0 Å². The van der Waals surface area contributed by atoms with Crippen molar-refractivity contribution in [3.05, 3.63) is 64.4 Å². The molecule has 0 aliphatic heterocycles. The second kappa shape index (κ2) is 4.38. The number of hydrogen-bond donors (Lipinski definition) is 0. The van der Waals surface area contributed by atoms with Gasteiger partial charge in [-0.2, -0.15) is 0 Å². The fourth-order valence-corrected chi connectivity index (χ4v) is 1.53. The molecule has 0 fully saturated rings. The number of halogens is 1. The van der Waals surface area contributed by atoms with E-state index in [1.54, 1.807) is 30.5 Å². The van der Waals surface area contributed by atoms with E-state index < -0.39 is 6.37 Å². The van der Waals surface area contributed by atoms with Gasteiger partial charge in [-0.05, 0) is 45.6 Å². The van der Waals surface area contributed by atoms with Crippen molar-refractivity contribution in [3.8, 4) is 0 Å². The summed E-state index contributed by atoms with van der Waals surface area (Å²) >= 11 is 3.25. The van der Waals surface area contributed by atoms with Gasteiger partial charge in [-0.1, -0.05) is 30.3 Å². The third kappa shape index (κ3) is 2.42. The van der Waals surface area contributed by atoms with Crippen LogP contribution in [0, 0.1) is 0 Å². The first kappa shape index (κ1) is 7.18. The zero-order valence-corrected chi connectivity index (χ0v) is 9.03. The fraction of sp³-hybridized carbons (Fsp3) is 0.0833. The lowest BCUT2D eigenvalue weighted by Gasteiger charge is -2.01. The predicted molar refractivity (Wildman–Crippen MR) is 61.2 cm³/mol. The number of hydrogen-bond acceptors (Lipinski definition) is 1. The molecule has 1 aromatic carbocycles. The van der Waals surface area contributed by atoms with Crippen LogP contribution in [-0.4, -0.2) is 4.98 Å². The Kier molecular flexibility index (Phi) is 2.25. The molecule has 2 rings (SSSR count). The summed E-state index contributed by atoms with van der Waals surface area (Å²) < 4.78 is 16.9. The molecule has 0 bridgehead atoms. The molecule has 2 heteroatoms. The van der Waals surface area contributed by atoms with Crippen molar-refractivity contribution in [2.75, 3.05) is 0 Å². The summed E-state index contributed by atoms with van der Waals surface area (Å²) in [4.78, 5) is 4.00. The first-order valence-electron chi connectivity index (χ1n) is 5.28. The van der Waals surface area contributed by atoms with Crippen LogP contribution in [0.4, 0.5) is 0 Å². The Morgan fingerprint density at radius 2 is 1.93 bits per heavy atom. The lowest BCUT2D eigenvalue weighted by molar-refractivity contribution is 1.15. The lowest BCUT2D eigenvalue weighted by atomic mass is 10.1. The number of aromatic nitrogens is 1. The molecule has 1 heterocycles. The molecule has 0 spiro atoms. The Labute approximate surface area is 94.8 Å². The van der Waals surface area contributed by atoms with Gasteiger partial charge in [0.1, 0.15) is 4.60 Å². The van der Waals surface area contributed by atoms with Gasteiger partial charge >= 0.3 is 0 Å². The molecule has 0 saturated heterocycles. The standard InChI is InChI=1S/C12H10BrN/c13-12-9-11(6-7-14-12)8-10-4-2-1-3-5-10/h1-7,9H,8H2/i8D2. The van der Waals surface area contributed by atoms with Crippen LogP contribution in [0.15, 0.2) is 53.3 Å². The van der Waals surface area contributed by atoms with E-state index in [4.69, 9.17) is 2.74 Å². The maximum atomic E-state index is 8.12. The van der Waals surface area contributed by atoms with Gasteiger partial charge in [0.25, 0.3) is 0 Å². The molecule has 0 radical (unpaired) electrons. The normalized spacial score (nSPS) is 13.2. The molecule has 0 atom stereocenters. The highest BCUT2D eigenvalue weighted by Gasteiger charge is 1.96. The molecule has 0 N–H and O–H groups in total. The van der Waals surface area contributed by atoms with Crippen LogP contribution >= 0.6 is 15.9 Å². The third-order valence-electron chi connectivity index (χ3n) is 1.79. The average molecular weight is 250 g/mol. The number of rotatable bonds is 2. The van der Waals surface area contributed by atoms with Crippen LogP contribution in [-0.2, 0) is 6.37 Å². The highest BCUT2D eigenvalue weighted by Crippen LogP contribution is 2.12. The van der Waals surface area contributed by atoms with Gasteiger partial charge in [-0.3, -0.25) is 0 Å². The monoisotopic (exact) mass is 249 g/mol. The topological polar surface area (TPSA) is 12.9 Å². The van der Waals surface area contributed by atoms with E-state index in [9.17, 15) is 0 Å². The van der Waals surface area contributed by atoms with Gasteiger partial charge in [0, 0.05) is 8.94 Å². The van der Waals surface area contributed by atoms with E-state index in [0.29, 0.717) is 15.7 Å². The summed E-state index contributed by atoms with van der Waals surface area (Å²) in [5.41, 5.74) is 1.24. The Hall–Kier alpha value is -1.15. The largest absolute Gasteiger partial charge is 0.249 e. The third-order valence-corrected chi connectivity index (χ3v) is 2.22. The molecule has 0 aliphatic carbocycles. The van der Waals surface area contributed by atoms with Crippen LogP contribution in [0.25, 0.3) is 0 Å². The van der Waals surface area contributed by atoms with Gasteiger partial charge in [0.2, 0.25) is 0 Å². The van der Waals surface area contributed by atoms with Crippen molar-refractivity contribution < 1.29 is 2.74 Å². The van der Waals surface area contributed by atoms with Crippen LogP contribution in [0.2, 0.25) is 0 Å². The maximum absolute atomic E-state index is 8.12. The molecule has 0 amide bonds. The zero-order valence-electron chi connectivity index (χ0n) is 9.44. The quantitative estimate of drug-likeness (QED) is 0.744. The summed E-state index contributed by atoms with van der Waals surface area (Å²) in [5, 5.41) is 0. The Morgan fingerprint density at radius 3 is 2.64 bits per heavy atom. The van der Waals surface area contributed by atoms with Crippen molar-refractivity contribution >= 4 is 15.9 Å². The Morgan fingerprint density at radius 1 is 1.14 bits per heavy atom. The molecular formula is C12H10BrN. The van der Waals surface area contributed by atoms with E-state index in [1.807, 2.05) is 18.2 Å². The molecular weight excluding hydrogens is 238 g/mol. The SMILES string of the molecule is [2H]C([2H])(c1ccccc1)c1ccnc(Br)c1. The van der Waals surface area contributed by atoms with Gasteiger partial charge in [-0.15, -0.1) is 0 Å². The summed E-state index contributed by atoms with van der Waals surface area (Å²) in [6.07, 6.45) is 0.104. The average Bonchev–Trinajstić information content (AvgIpc) is 2.30. The molecule has 70 valence electrons. The lowest BCUT2D eigenvalue weighted by Crippen LogP contribution is -1.88. The van der Waals surface area contributed by atoms with E-state index >= 15 is 0 Å². The molecule has 1 aromatic heterocycles. The summed E-state index contributed by atoms with van der Waals surface area (Å²) in [6, 6.07) is 12.5. The molecule has 0 saturated carbocycles. The van der Waals surface area contributed by atoms with Gasteiger partial charge < -0.3 is 0 Å². The maximum Gasteiger partial charge on any atom is 0.106 e. The number of pyridine rings is 1. The van der Waals surface area contributed by atoms with Gasteiger partial charge in [0.05, 0.1) is 0 Å². The fourth-order valence-electron chi connectivity index (χ4n) is 1.17. The zero-order chi connectivity index (χ0) is 11.6. The minimum Gasteiger partial charge on any atom is -0.249 e. The van der Waals surface area contributed by atoms with E-state index in [1.165, 1.54) is 0 Å². The Bertz CT molecular complexity index is 485. The first-order chi connectivity index (χ1) is 7.60. The Balaban J connectivity index is 2.47. The van der Waals surface area contributed by atoms with Gasteiger partial charge in [0.15, 0.2) is 0 Å². The van der Waals surface area contributed by atoms with Crippen molar-refractivity contribution in [1.82, 2.24) is 4.98 Å². The number of benzene rings is 1. The highest BCUT2D eigenvalue weighted by atomic mass is 79.9.